The predicted octanol–water partition coefficient (Wildman–Crippen LogP) is 1.61. The molecule has 1 aliphatic rings. The second kappa shape index (κ2) is 8.43. The number of rotatable bonds is 7. The lowest BCUT2D eigenvalue weighted by Crippen LogP contribution is -2.49. The van der Waals surface area contributed by atoms with E-state index in [1.807, 2.05) is 0 Å². The molecule has 1 atom stereocenters. The van der Waals surface area contributed by atoms with Gasteiger partial charge in [0.25, 0.3) is 6.43 Å². The first-order valence-corrected chi connectivity index (χ1v) is 10.4. The van der Waals surface area contributed by atoms with Gasteiger partial charge in [-0.05, 0) is 18.9 Å². The molecule has 0 amide bonds. The zero-order chi connectivity index (χ0) is 22.1. The van der Waals surface area contributed by atoms with Gasteiger partial charge in [0.15, 0.2) is 6.35 Å². The van der Waals surface area contributed by atoms with Gasteiger partial charge >= 0.3 is 5.25 Å². The van der Waals surface area contributed by atoms with Gasteiger partial charge in [0.05, 0.1) is 18.1 Å². The van der Waals surface area contributed by atoms with Gasteiger partial charge < -0.3 is 10.4 Å². The predicted molar refractivity (Wildman–Crippen MR) is 96.3 cm³/mol. The van der Waals surface area contributed by atoms with Gasteiger partial charge in [-0.3, -0.25) is 9.58 Å². The summed E-state index contributed by atoms with van der Waals surface area (Å²) in [6.07, 6.45) is -1.60. The Morgan fingerprint density at radius 1 is 1.27 bits per heavy atom. The van der Waals surface area contributed by atoms with Crippen LogP contribution in [-0.4, -0.2) is 63.1 Å². The van der Waals surface area contributed by atoms with E-state index in [0.717, 1.165) is 4.68 Å². The molecule has 2 aromatic rings. The van der Waals surface area contributed by atoms with Gasteiger partial charge in [0, 0.05) is 32.3 Å². The molecule has 3 rings (SSSR count). The van der Waals surface area contributed by atoms with Crippen LogP contribution in [0.2, 0.25) is 0 Å². The first-order chi connectivity index (χ1) is 14.0. The maximum absolute atomic E-state index is 14.9. The van der Waals surface area contributed by atoms with E-state index in [-0.39, 0.29) is 25.9 Å². The van der Waals surface area contributed by atoms with Crippen molar-refractivity contribution in [2.24, 2.45) is 13.0 Å². The van der Waals surface area contributed by atoms with Crippen LogP contribution >= 0.6 is 0 Å². The summed E-state index contributed by atoms with van der Waals surface area (Å²) in [6, 6.07) is 1.55. The van der Waals surface area contributed by atoms with Crippen molar-refractivity contribution < 1.29 is 31.1 Å². The lowest BCUT2D eigenvalue weighted by molar-refractivity contribution is -0.0435. The van der Waals surface area contributed by atoms with E-state index in [1.165, 1.54) is 24.3 Å². The number of sulfone groups is 1. The van der Waals surface area contributed by atoms with Crippen molar-refractivity contribution in [2.45, 2.75) is 35.8 Å². The average molecular weight is 452 g/mol. The molecule has 1 unspecified atom stereocenters. The van der Waals surface area contributed by atoms with E-state index in [1.54, 1.807) is 6.07 Å². The van der Waals surface area contributed by atoms with Crippen LogP contribution in [-0.2, 0) is 16.9 Å². The monoisotopic (exact) mass is 452 g/mol. The Hall–Kier alpha value is -2.32. The fraction of sp³-hybridized carbons (Fsp3) is 0.562. The highest BCUT2D eigenvalue weighted by molar-refractivity contribution is 7.92. The molecule has 0 spiro atoms. The molecule has 2 N–H and O–H groups in total. The number of halogens is 4. The third-order valence-electron chi connectivity index (χ3n) is 4.91. The SMILES string of the molecule is Cn1cc(S(=O)(=O)C(F)(F)C2CCN(C(O)Nc3ccnnc3)CC2)c(C(F)F)n1. The number of aromatic nitrogens is 4. The average Bonchev–Trinajstić information content (AvgIpc) is 3.11. The second-order valence-electron chi connectivity index (χ2n) is 6.88. The topological polar surface area (TPSA) is 113 Å². The highest BCUT2D eigenvalue weighted by atomic mass is 32.2. The number of likely N-dealkylation sites (tertiary alicyclic amines) is 1. The minimum Gasteiger partial charge on any atom is -0.361 e. The van der Waals surface area contributed by atoms with Crippen LogP contribution in [0.25, 0.3) is 0 Å². The molecule has 0 radical (unpaired) electrons. The van der Waals surface area contributed by atoms with E-state index in [9.17, 15) is 31.1 Å². The standard InChI is InChI=1S/C16H20F4N6O3S/c1-25-9-12(13(24-25)14(17)18)30(28,29)16(19,20)10-3-6-26(7-4-10)15(27)23-11-2-5-21-22-8-11/h2,5,8-10,14-15,27H,3-4,6-7H2,1H3,(H,21,23). The number of nitrogens with zero attached hydrogens (tertiary/aromatic N) is 5. The van der Waals surface area contributed by atoms with Gasteiger partial charge in [-0.15, -0.1) is 0 Å². The molecule has 1 aliphatic heterocycles. The van der Waals surface area contributed by atoms with Crippen molar-refractivity contribution in [1.29, 1.82) is 0 Å². The van der Waals surface area contributed by atoms with Gasteiger partial charge in [0.1, 0.15) is 10.6 Å². The summed E-state index contributed by atoms with van der Waals surface area (Å²) in [5, 5.41) is 19.2. The van der Waals surface area contributed by atoms with E-state index in [2.05, 4.69) is 20.6 Å². The van der Waals surface area contributed by atoms with Crippen LogP contribution in [0.3, 0.4) is 0 Å². The van der Waals surface area contributed by atoms with Crippen molar-refractivity contribution in [2.75, 3.05) is 18.4 Å². The van der Waals surface area contributed by atoms with Crippen LogP contribution in [0.1, 0.15) is 25.0 Å². The van der Waals surface area contributed by atoms with Gasteiger partial charge in [-0.2, -0.15) is 24.1 Å². The largest absolute Gasteiger partial charge is 0.361 e. The smallest absolute Gasteiger partial charge is 0.353 e. The Balaban J connectivity index is 1.71. The van der Waals surface area contributed by atoms with Crippen molar-refractivity contribution in [3.63, 3.8) is 0 Å². The second-order valence-corrected chi connectivity index (χ2v) is 8.87. The van der Waals surface area contributed by atoms with Crippen molar-refractivity contribution in [1.82, 2.24) is 24.9 Å². The zero-order valence-corrected chi connectivity index (χ0v) is 16.6. The molecule has 3 heterocycles. The molecule has 0 aliphatic carbocycles. The minimum atomic E-state index is -5.39. The third kappa shape index (κ3) is 4.25. The van der Waals surface area contributed by atoms with Crippen LogP contribution < -0.4 is 5.32 Å². The Kier molecular flexibility index (Phi) is 6.29. The molecule has 0 bridgehead atoms. The van der Waals surface area contributed by atoms with Crippen molar-refractivity contribution in [3.05, 3.63) is 30.4 Å². The summed E-state index contributed by atoms with van der Waals surface area (Å²) in [4.78, 5) is 0.285. The number of hydrogen-bond acceptors (Lipinski definition) is 8. The highest BCUT2D eigenvalue weighted by Gasteiger charge is 2.55. The van der Waals surface area contributed by atoms with Crippen LogP contribution in [0.5, 0.6) is 0 Å². The molecule has 14 heteroatoms. The maximum atomic E-state index is 14.9. The molecule has 0 saturated carbocycles. The summed E-state index contributed by atoms with van der Waals surface area (Å²) in [5.74, 6) is -1.60. The van der Waals surface area contributed by atoms with Gasteiger partial charge in [-0.1, -0.05) is 0 Å². The first kappa shape index (κ1) is 22.4. The van der Waals surface area contributed by atoms with Crippen LogP contribution in [0.4, 0.5) is 23.2 Å². The molecule has 166 valence electrons. The number of piperidine rings is 1. The number of hydrogen-bond donors (Lipinski definition) is 2. The Morgan fingerprint density at radius 2 is 1.93 bits per heavy atom. The van der Waals surface area contributed by atoms with E-state index in [0.29, 0.717) is 11.9 Å². The summed E-state index contributed by atoms with van der Waals surface area (Å²) in [6.45, 7) is -0.0611. The van der Waals surface area contributed by atoms with Gasteiger partial charge in [-0.25, -0.2) is 17.2 Å². The van der Waals surface area contributed by atoms with Crippen LogP contribution in [0, 0.1) is 5.92 Å². The molecule has 0 aromatic carbocycles. The lowest BCUT2D eigenvalue weighted by Gasteiger charge is -2.37. The fourth-order valence-electron chi connectivity index (χ4n) is 3.30. The van der Waals surface area contributed by atoms with E-state index >= 15 is 0 Å². The molecule has 30 heavy (non-hydrogen) atoms. The summed E-state index contributed by atoms with van der Waals surface area (Å²) in [5.41, 5.74) is -0.733. The summed E-state index contributed by atoms with van der Waals surface area (Å²) >= 11 is 0. The first-order valence-electron chi connectivity index (χ1n) is 8.93. The molecular formula is C16H20F4N6O3S. The number of nitrogens with one attached hydrogen (secondary N) is 1. The minimum absolute atomic E-state index is 0.0306. The molecule has 9 nitrogen and oxygen atoms in total. The summed E-state index contributed by atoms with van der Waals surface area (Å²) < 4.78 is 81.8. The molecular weight excluding hydrogens is 432 g/mol. The lowest BCUT2D eigenvalue weighted by atomic mass is 9.97. The quantitative estimate of drug-likeness (QED) is 0.481. The van der Waals surface area contributed by atoms with Gasteiger partial charge in [0.2, 0.25) is 9.84 Å². The van der Waals surface area contributed by atoms with Crippen molar-refractivity contribution in [3.8, 4) is 0 Å². The molecule has 2 aromatic heterocycles. The number of anilines is 1. The number of aliphatic hydroxyl groups excluding tert-OH is 1. The maximum Gasteiger partial charge on any atom is 0.353 e. The summed E-state index contributed by atoms with van der Waals surface area (Å²) in [7, 11) is -4.21. The zero-order valence-electron chi connectivity index (χ0n) is 15.8. The highest BCUT2D eigenvalue weighted by Crippen LogP contribution is 2.42. The van der Waals surface area contributed by atoms with E-state index in [4.69, 9.17) is 0 Å². The Morgan fingerprint density at radius 3 is 2.50 bits per heavy atom. The normalized spacial score (nSPS) is 18.0. The van der Waals surface area contributed by atoms with Crippen molar-refractivity contribution >= 4 is 15.5 Å². The fourth-order valence-corrected chi connectivity index (χ4v) is 4.97. The third-order valence-corrected chi connectivity index (χ3v) is 6.85. The van der Waals surface area contributed by atoms with E-state index < -0.39 is 44.4 Å². The molecule has 1 saturated heterocycles. The number of alkyl halides is 4. The molecule has 1 fully saturated rings. The van der Waals surface area contributed by atoms with Crippen LogP contribution in [0.15, 0.2) is 29.6 Å². The Labute approximate surface area is 169 Å². The number of aliphatic hydroxyl groups is 1. The number of aryl methyl sites for hydroxylation is 1. The Bertz CT molecular complexity index is 965.